The number of aliphatic hydroxyl groups is 2. The van der Waals surface area contributed by atoms with Gasteiger partial charge in [-0.3, -0.25) is 4.79 Å². The van der Waals surface area contributed by atoms with Crippen molar-refractivity contribution in [3.63, 3.8) is 0 Å². The smallest absolute Gasteiger partial charge is 0.338 e. The molecular formula is C62H99NO9. The van der Waals surface area contributed by atoms with E-state index in [1.165, 1.54) is 161 Å². The lowest BCUT2D eigenvalue weighted by Gasteiger charge is -2.46. The summed E-state index contributed by atoms with van der Waals surface area (Å²) < 4.78 is 30.7. The van der Waals surface area contributed by atoms with Gasteiger partial charge in [-0.2, -0.15) is 0 Å². The minimum absolute atomic E-state index is 0.116. The molecule has 2 heterocycles. The monoisotopic (exact) mass is 1000 g/mol. The zero-order chi connectivity index (χ0) is 51.1. The Balaban J connectivity index is 1.25. The second-order valence-corrected chi connectivity index (χ2v) is 20.7. The molecule has 0 bridgehead atoms. The number of hydrogen-bond acceptors (Lipinski definition) is 9. The lowest BCUT2D eigenvalue weighted by Crippen LogP contribution is -2.62. The fourth-order valence-electron chi connectivity index (χ4n) is 9.79. The number of hydrogen-bond donors (Lipinski definition) is 3. The first-order valence-electron chi connectivity index (χ1n) is 29.2. The van der Waals surface area contributed by atoms with Crippen LogP contribution in [0.4, 0.5) is 0 Å². The van der Waals surface area contributed by atoms with E-state index in [-0.39, 0.29) is 19.1 Å². The van der Waals surface area contributed by atoms with Crippen molar-refractivity contribution in [2.45, 2.75) is 268 Å². The third kappa shape index (κ3) is 26.2. The Bertz CT molecular complexity index is 1690. The molecule has 2 fully saturated rings. The van der Waals surface area contributed by atoms with Crippen LogP contribution in [0.3, 0.4) is 0 Å². The maximum Gasteiger partial charge on any atom is 0.338 e. The quantitative estimate of drug-likeness (QED) is 0.0338. The third-order valence-corrected chi connectivity index (χ3v) is 14.3. The number of rotatable bonds is 42. The van der Waals surface area contributed by atoms with E-state index in [1.54, 1.807) is 24.3 Å². The van der Waals surface area contributed by atoms with Crippen molar-refractivity contribution in [3.05, 3.63) is 96.1 Å². The number of carbonyl (C=O) groups is 2. The van der Waals surface area contributed by atoms with E-state index in [1.807, 2.05) is 48.6 Å². The van der Waals surface area contributed by atoms with Gasteiger partial charge in [0.05, 0.1) is 24.8 Å². The Morgan fingerprint density at radius 1 is 0.597 bits per heavy atom. The first-order chi connectivity index (χ1) is 35.4. The third-order valence-electron chi connectivity index (χ3n) is 14.3. The molecule has 2 aromatic rings. The Hall–Kier alpha value is -3.38. The number of nitrogens with one attached hydrogen (secondary N) is 1. The number of carbonyl (C=O) groups excluding carboxylic acids is 2. The van der Waals surface area contributed by atoms with Crippen LogP contribution in [0.2, 0.25) is 0 Å². The maximum atomic E-state index is 13.7. The topological polar surface area (TPSA) is 133 Å². The number of amides is 1. The number of fused-ring (bicyclic) bond motifs is 1. The fourth-order valence-corrected chi connectivity index (χ4v) is 9.79. The molecule has 0 aliphatic carbocycles. The molecule has 4 rings (SSSR count). The molecule has 3 N–H and O–H groups in total. The summed E-state index contributed by atoms with van der Waals surface area (Å²) in [6, 6.07) is 17.5. The molecule has 10 nitrogen and oxygen atoms in total. The Labute approximate surface area is 436 Å². The number of benzene rings is 2. The lowest BCUT2D eigenvalue weighted by atomic mass is 9.98. The summed E-state index contributed by atoms with van der Waals surface area (Å²) in [6.07, 6.45) is 40.1. The van der Waals surface area contributed by atoms with Gasteiger partial charge >= 0.3 is 5.97 Å². The van der Waals surface area contributed by atoms with Gasteiger partial charge in [0.2, 0.25) is 5.91 Å². The molecule has 1 unspecified atom stereocenters. The van der Waals surface area contributed by atoms with Gasteiger partial charge in [-0.05, 0) is 63.2 Å². The van der Waals surface area contributed by atoms with Gasteiger partial charge in [-0.1, -0.05) is 235 Å². The van der Waals surface area contributed by atoms with Gasteiger partial charge in [-0.25, -0.2) is 4.79 Å². The molecule has 2 aliphatic rings. The molecule has 2 aliphatic heterocycles. The molecule has 10 heteroatoms. The Morgan fingerprint density at radius 3 is 1.60 bits per heavy atom. The zero-order valence-electron chi connectivity index (χ0n) is 45.0. The molecule has 2 saturated heterocycles. The maximum absolute atomic E-state index is 13.7. The lowest BCUT2D eigenvalue weighted by molar-refractivity contribution is -0.362. The van der Waals surface area contributed by atoms with Crippen LogP contribution in [0.25, 0.3) is 0 Å². The first-order valence-corrected chi connectivity index (χ1v) is 29.2. The Morgan fingerprint density at radius 2 is 1.07 bits per heavy atom. The van der Waals surface area contributed by atoms with E-state index in [9.17, 15) is 19.8 Å². The van der Waals surface area contributed by atoms with Crippen molar-refractivity contribution in [1.29, 1.82) is 0 Å². The number of ether oxygens (including phenoxy) is 5. The highest BCUT2D eigenvalue weighted by molar-refractivity contribution is 5.89. The van der Waals surface area contributed by atoms with Crippen LogP contribution in [0.15, 0.2) is 85.0 Å². The minimum Gasteiger partial charge on any atom is -0.452 e. The number of esters is 1. The average Bonchev–Trinajstić information content (AvgIpc) is 3.40. The van der Waals surface area contributed by atoms with E-state index >= 15 is 0 Å². The standard InChI is InChI=1S/C62H99NO9/c1-3-5-7-9-11-13-15-17-18-19-20-21-22-23-24-26-28-30-32-34-42-48-56(64)63-53(49-68-62-58(66)57(65)59-55(71-62)50-69-61(72-59)52-45-39-36-40-46-52)54(70-60(67)51-43-37-35-38-44-51)47-41-33-31-29-27-25-16-14-12-10-8-6-4-2/h17-18,35-41,43-47,53-55,57-59,61-62,65-66H,3-16,19-34,42,48-50H2,1-2H3,(H,63,64)/b18-17+,47-41+/t53-,54+,55+,57+,58+,59-,61?,62-/m0/s1. The SMILES string of the molecule is CCCCCCCC/C=C/CCCCCCCCCCCCCC(=O)N[C@@H](CO[C@H]1O[C@@H]2COC(c3ccccc3)O[C@@H]2[C@H](O)[C@H]1O)[C@@H](/C=C/CCCCCCCCCCCCC)OC(=O)c1ccccc1. The first kappa shape index (κ1) is 61.2. The van der Waals surface area contributed by atoms with Crippen molar-refractivity contribution in [3.8, 4) is 0 Å². The van der Waals surface area contributed by atoms with E-state index in [0.29, 0.717) is 12.0 Å². The number of aliphatic hydroxyl groups excluding tert-OH is 2. The molecular weight excluding hydrogens is 903 g/mol. The van der Waals surface area contributed by atoms with Crippen LogP contribution in [0.1, 0.15) is 242 Å². The van der Waals surface area contributed by atoms with Gasteiger partial charge in [0, 0.05) is 12.0 Å². The summed E-state index contributed by atoms with van der Waals surface area (Å²) in [5.41, 5.74) is 1.20. The van der Waals surface area contributed by atoms with Crippen LogP contribution in [0.5, 0.6) is 0 Å². The molecule has 0 spiro atoms. The van der Waals surface area contributed by atoms with Gasteiger partial charge < -0.3 is 39.2 Å². The highest BCUT2D eigenvalue weighted by Crippen LogP contribution is 2.34. The second kappa shape index (κ2) is 40.0. The molecule has 2 aromatic carbocycles. The van der Waals surface area contributed by atoms with Crippen LogP contribution >= 0.6 is 0 Å². The van der Waals surface area contributed by atoms with Crippen molar-refractivity contribution in [2.75, 3.05) is 13.2 Å². The van der Waals surface area contributed by atoms with E-state index < -0.39 is 55.1 Å². The molecule has 0 saturated carbocycles. The van der Waals surface area contributed by atoms with Gasteiger partial charge in [0.15, 0.2) is 12.6 Å². The largest absolute Gasteiger partial charge is 0.452 e. The normalized spacial score (nSPS) is 20.9. The Kier molecular flexibility index (Phi) is 34.0. The zero-order valence-corrected chi connectivity index (χ0v) is 45.0. The van der Waals surface area contributed by atoms with Crippen LogP contribution in [-0.2, 0) is 28.5 Å². The van der Waals surface area contributed by atoms with E-state index in [2.05, 4.69) is 31.3 Å². The summed E-state index contributed by atoms with van der Waals surface area (Å²) in [4.78, 5) is 27.3. The molecule has 0 radical (unpaired) electrons. The van der Waals surface area contributed by atoms with Crippen LogP contribution in [-0.4, -0.2) is 78.2 Å². The molecule has 72 heavy (non-hydrogen) atoms. The van der Waals surface area contributed by atoms with Crippen molar-refractivity contribution in [2.24, 2.45) is 0 Å². The summed E-state index contributed by atoms with van der Waals surface area (Å²) in [6.45, 7) is 4.49. The summed E-state index contributed by atoms with van der Waals surface area (Å²) in [7, 11) is 0. The van der Waals surface area contributed by atoms with Crippen LogP contribution in [0, 0.1) is 0 Å². The van der Waals surface area contributed by atoms with Gasteiger partial charge in [-0.15, -0.1) is 0 Å². The van der Waals surface area contributed by atoms with Crippen molar-refractivity contribution in [1.82, 2.24) is 5.32 Å². The highest BCUT2D eigenvalue weighted by Gasteiger charge is 2.49. The number of unbranched alkanes of at least 4 members (excludes halogenated alkanes) is 28. The van der Waals surface area contributed by atoms with Gasteiger partial charge in [0.1, 0.15) is 30.5 Å². The predicted molar refractivity (Wildman–Crippen MR) is 292 cm³/mol. The van der Waals surface area contributed by atoms with E-state index in [0.717, 1.165) is 44.1 Å². The molecule has 0 aromatic heterocycles. The molecule has 1 amide bonds. The summed E-state index contributed by atoms with van der Waals surface area (Å²) >= 11 is 0. The van der Waals surface area contributed by atoms with Gasteiger partial charge in [0.25, 0.3) is 0 Å². The van der Waals surface area contributed by atoms with Crippen LogP contribution < -0.4 is 5.32 Å². The van der Waals surface area contributed by atoms with Crippen molar-refractivity contribution >= 4 is 11.9 Å². The van der Waals surface area contributed by atoms with Crippen molar-refractivity contribution < 1.29 is 43.5 Å². The minimum atomic E-state index is -1.45. The second-order valence-electron chi connectivity index (χ2n) is 20.7. The number of allylic oxidation sites excluding steroid dienone is 3. The molecule has 8 atom stereocenters. The highest BCUT2D eigenvalue weighted by atomic mass is 16.8. The van der Waals surface area contributed by atoms with E-state index in [4.69, 9.17) is 23.7 Å². The predicted octanol–water partition coefficient (Wildman–Crippen LogP) is 14.9. The summed E-state index contributed by atoms with van der Waals surface area (Å²) in [5, 5.41) is 25.8. The molecule has 406 valence electrons. The average molecular weight is 1000 g/mol. The fraction of sp³-hybridized carbons (Fsp3) is 0.710. The summed E-state index contributed by atoms with van der Waals surface area (Å²) in [5.74, 6) is -0.680.